The SMILES string of the molecule is Fc1ccc(F)c(-c2cncn2-c2ccc(Cl)cc2)c1F. The Labute approximate surface area is 123 Å². The molecule has 0 saturated heterocycles. The first-order valence-corrected chi connectivity index (χ1v) is 6.38. The lowest BCUT2D eigenvalue weighted by molar-refractivity contribution is 0.498. The van der Waals surface area contributed by atoms with Crippen LogP contribution in [-0.4, -0.2) is 9.55 Å². The molecule has 0 aliphatic heterocycles. The Morgan fingerprint density at radius 2 is 1.57 bits per heavy atom. The van der Waals surface area contributed by atoms with E-state index in [0.29, 0.717) is 10.7 Å². The molecule has 21 heavy (non-hydrogen) atoms. The monoisotopic (exact) mass is 308 g/mol. The molecule has 6 heteroatoms. The minimum Gasteiger partial charge on any atom is -0.299 e. The lowest BCUT2D eigenvalue weighted by atomic mass is 10.1. The van der Waals surface area contributed by atoms with Gasteiger partial charge in [-0.3, -0.25) is 4.57 Å². The Balaban J connectivity index is 2.20. The van der Waals surface area contributed by atoms with Crippen LogP contribution in [0, 0.1) is 17.5 Å². The summed E-state index contributed by atoms with van der Waals surface area (Å²) < 4.78 is 42.6. The van der Waals surface area contributed by atoms with E-state index >= 15 is 0 Å². The molecular weight excluding hydrogens is 301 g/mol. The van der Waals surface area contributed by atoms with Gasteiger partial charge in [0.05, 0.1) is 23.8 Å². The van der Waals surface area contributed by atoms with Crippen molar-refractivity contribution in [1.29, 1.82) is 0 Å². The number of rotatable bonds is 2. The van der Waals surface area contributed by atoms with Crippen molar-refractivity contribution >= 4 is 11.6 Å². The second-order valence-corrected chi connectivity index (χ2v) is 4.78. The van der Waals surface area contributed by atoms with E-state index in [1.807, 2.05) is 0 Å². The minimum atomic E-state index is -1.24. The Hall–Kier alpha value is -2.27. The lowest BCUT2D eigenvalue weighted by Gasteiger charge is -2.10. The van der Waals surface area contributed by atoms with Gasteiger partial charge >= 0.3 is 0 Å². The molecule has 0 radical (unpaired) electrons. The molecule has 3 aromatic rings. The molecule has 0 aliphatic carbocycles. The number of halogens is 4. The first-order chi connectivity index (χ1) is 10.1. The summed E-state index contributed by atoms with van der Waals surface area (Å²) in [7, 11) is 0. The minimum absolute atomic E-state index is 0.117. The van der Waals surface area contributed by atoms with Gasteiger partial charge in [0, 0.05) is 10.7 Å². The summed E-state index contributed by atoms with van der Waals surface area (Å²) >= 11 is 5.81. The maximum atomic E-state index is 13.9. The Bertz CT molecular complexity index is 797. The van der Waals surface area contributed by atoms with Crippen LogP contribution in [0.1, 0.15) is 0 Å². The highest BCUT2D eigenvalue weighted by molar-refractivity contribution is 6.30. The van der Waals surface area contributed by atoms with Crippen LogP contribution < -0.4 is 0 Å². The molecule has 0 N–H and O–H groups in total. The van der Waals surface area contributed by atoms with Crippen LogP contribution in [0.5, 0.6) is 0 Å². The molecule has 1 heterocycles. The zero-order valence-corrected chi connectivity index (χ0v) is 11.3. The lowest BCUT2D eigenvalue weighted by Crippen LogP contribution is -2.00. The van der Waals surface area contributed by atoms with Crippen molar-refractivity contribution in [2.75, 3.05) is 0 Å². The zero-order chi connectivity index (χ0) is 15.0. The fourth-order valence-electron chi connectivity index (χ4n) is 2.05. The van der Waals surface area contributed by atoms with E-state index in [1.54, 1.807) is 24.3 Å². The number of imidazole rings is 1. The molecule has 0 spiro atoms. The zero-order valence-electron chi connectivity index (χ0n) is 10.5. The number of hydrogen-bond donors (Lipinski definition) is 0. The second-order valence-electron chi connectivity index (χ2n) is 4.34. The predicted molar refractivity (Wildman–Crippen MR) is 73.9 cm³/mol. The van der Waals surface area contributed by atoms with Crippen LogP contribution in [-0.2, 0) is 0 Å². The molecule has 0 saturated carbocycles. The molecule has 0 bridgehead atoms. The molecule has 1 aromatic heterocycles. The fraction of sp³-hybridized carbons (Fsp3) is 0. The van der Waals surface area contributed by atoms with Gasteiger partial charge in [0.2, 0.25) is 0 Å². The highest BCUT2D eigenvalue weighted by Crippen LogP contribution is 2.29. The summed E-state index contributed by atoms with van der Waals surface area (Å²) in [5, 5.41) is 0.531. The van der Waals surface area contributed by atoms with E-state index in [4.69, 9.17) is 11.6 Å². The van der Waals surface area contributed by atoms with Gasteiger partial charge in [0.1, 0.15) is 5.82 Å². The van der Waals surface area contributed by atoms with Crippen LogP contribution in [0.3, 0.4) is 0 Å². The highest BCUT2D eigenvalue weighted by atomic mass is 35.5. The summed E-state index contributed by atoms with van der Waals surface area (Å²) in [5.41, 5.74) is 0.268. The normalized spacial score (nSPS) is 10.9. The summed E-state index contributed by atoms with van der Waals surface area (Å²) in [6.45, 7) is 0. The van der Waals surface area contributed by atoms with E-state index in [9.17, 15) is 13.2 Å². The van der Waals surface area contributed by atoms with Crippen molar-refractivity contribution in [3.63, 3.8) is 0 Å². The number of hydrogen-bond acceptors (Lipinski definition) is 1. The molecule has 3 rings (SSSR count). The molecule has 106 valence electrons. The molecular formula is C15H8ClF3N2. The van der Waals surface area contributed by atoms with Crippen molar-refractivity contribution < 1.29 is 13.2 Å². The average Bonchev–Trinajstić information content (AvgIpc) is 2.93. The van der Waals surface area contributed by atoms with E-state index in [1.165, 1.54) is 17.1 Å². The molecule has 2 nitrogen and oxygen atoms in total. The van der Waals surface area contributed by atoms with Crippen molar-refractivity contribution in [1.82, 2.24) is 9.55 Å². The van der Waals surface area contributed by atoms with Crippen molar-refractivity contribution in [2.24, 2.45) is 0 Å². The van der Waals surface area contributed by atoms with Crippen LogP contribution in [0.4, 0.5) is 13.2 Å². The number of nitrogens with zero attached hydrogens (tertiary/aromatic N) is 2. The van der Waals surface area contributed by atoms with E-state index in [-0.39, 0.29) is 5.69 Å². The number of benzene rings is 2. The van der Waals surface area contributed by atoms with Gasteiger partial charge in [0.25, 0.3) is 0 Å². The van der Waals surface area contributed by atoms with Crippen LogP contribution in [0.2, 0.25) is 5.02 Å². The Morgan fingerprint density at radius 3 is 2.29 bits per heavy atom. The van der Waals surface area contributed by atoms with Crippen LogP contribution in [0.15, 0.2) is 48.9 Å². The molecule has 0 fully saturated rings. The fourth-order valence-corrected chi connectivity index (χ4v) is 2.18. The van der Waals surface area contributed by atoms with Gasteiger partial charge in [-0.2, -0.15) is 0 Å². The van der Waals surface area contributed by atoms with Crippen LogP contribution in [0.25, 0.3) is 16.9 Å². The van der Waals surface area contributed by atoms with Crippen molar-refractivity contribution in [2.45, 2.75) is 0 Å². The second kappa shape index (κ2) is 5.26. The molecule has 2 aromatic carbocycles. The summed E-state index contributed by atoms with van der Waals surface area (Å²) in [6.07, 6.45) is 2.66. The first-order valence-electron chi connectivity index (χ1n) is 6.00. The quantitative estimate of drug-likeness (QED) is 0.632. The molecule has 0 unspecified atom stereocenters. The third-order valence-electron chi connectivity index (χ3n) is 3.04. The van der Waals surface area contributed by atoms with E-state index in [2.05, 4.69) is 4.98 Å². The maximum Gasteiger partial charge on any atom is 0.171 e. The third-order valence-corrected chi connectivity index (χ3v) is 3.30. The highest BCUT2D eigenvalue weighted by Gasteiger charge is 2.19. The Kier molecular flexibility index (Phi) is 3.43. The topological polar surface area (TPSA) is 17.8 Å². The summed E-state index contributed by atoms with van der Waals surface area (Å²) in [6, 6.07) is 8.24. The van der Waals surface area contributed by atoms with E-state index in [0.717, 1.165) is 12.1 Å². The maximum absolute atomic E-state index is 13.9. The van der Waals surface area contributed by atoms with Gasteiger partial charge in [-0.15, -0.1) is 0 Å². The summed E-state index contributed by atoms with van der Waals surface area (Å²) in [4.78, 5) is 3.88. The Morgan fingerprint density at radius 1 is 0.905 bits per heavy atom. The standard InChI is InChI=1S/C15H8ClF3N2/c16-9-1-3-10(4-2-9)21-8-20-7-13(21)14-11(17)5-6-12(18)15(14)19/h1-8H. The summed E-state index contributed by atoms with van der Waals surface area (Å²) in [5.74, 6) is -3.22. The van der Waals surface area contributed by atoms with Gasteiger partial charge in [-0.05, 0) is 36.4 Å². The first kappa shape index (κ1) is 13.7. The third kappa shape index (κ3) is 2.40. The smallest absolute Gasteiger partial charge is 0.171 e. The molecule has 0 amide bonds. The largest absolute Gasteiger partial charge is 0.299 e. The predicted octanol–water partition coefficient (Wildman–Crippen LogP) is 4.61. The molecule has 0 aliphatic rings. The number of aromatic nitrogens is 2. The van der Waals surface area contributed by atoms with E-state index < -0.39 is 23.0 Å². The molecule has 0 atom stereocenters. The van der Waals surface area contributed by atoms with Crippen molar-refractivity contribution in [3.05, 3.63) is 71.4 Å². The van der Waals surface area contributed by atoms with Gasteiger partial charge < -0.3 is 0 Å². The van der Waals surface area contributed by atoms with Gasteiger partial charge in [-0.25, -0.2) is 18.2 Å². The van der Waals surface area contributed by atoms with Gasteiger partial charge in [0.15, 0.2) is 11.6 Å². The van der Waals surface area contributed by atoms with Gasteiger partial charge in [-0.1, -0.05) is 11.6 Å². The average molecular weight is 309 g/mol. The van der Waals surface area contributed by atoms with Crippen LogP contribution >= 0.6 is 11.6 Å². The van der Waals surface area contributed by atoms with Crippen molar-refractivity contribution in [3.8, 4) is 16.9 Å².